The van der Waals surface area contributed by atoms with E-state index < -0.39 is 11.9 Å². The van der Waals surface area contributed by atoms with Gasteiger partial charge in [-0.05, 0) is 65.7 Å². The van der Waals surface area contributed by atoms with Gasteiger partial charge in [-0.2, -0.15) is 0 Å². The van der Waals surface area contributed by atoms with Crippen LogP contribution in [0.5, 0.6) is 0 Å². The molecule has 8 heteroatoms. The Labute approximate surface area is 276 Å². The molecule has 0 aromatic heterocycles. The summed E-state index contributed by atoms with van der Waals surface area (Å²) in [6.07, 6.45) is 30.5. The zero-order chi connectivity index (χ0) is 33.0. The number of hydrogen-bond acceptors (Lipinski definition) is 7. The molecule has 0 bridgehead atoms. The van der Waals surface area contributed by atoms with Crippen molar-refractivity contribution in [3.8, 4) is 0 Å². The zero-order valence-electron chi connectivity index (χ0n) is 28.5. The van der Waals surface area contributed by atoms with E-state index in [9.17, 15) is 9.59 Å². The number of aliphatic carboxylic acids is 1. The molecular formula is C38H57NO7. The van der Waals surface area contributed by atoms with E-state index in [1.54, 1.807) is 37.5 Å². The van der Waals surface area contributed by atoms with Crippen LogP contribution in [-0.4, -0.2) is 72.4 Å². The van der Waals surface area contributed by atoms with Gasteiger partial charge in [-0.15, -0.1) is 0 Å². The quantitative estimate of drug-likeness (QED) is 0.0762. The number of rotatable bonds is 12. The summed E-state index contributed by atoms with van der Waals surface area (Å²) in [5.41, 5.74) is 0.642. The highest BCUT2D eigenvalue weighted by atomic mass is 16.6. The van der Waals surface area contributed by atoms with Crippen molar-refractivity contribution in [2.24, 2.45) is 5.92 Å². The van der Waals surface area contributed by atoms with E-state index in [2.05, 4.69) is 32.2 Å². The number of carboxylic acids is 1. The topological polar surface area (TPSA) is 110 Å². The Morgan fingerprint density at radius 3 is 1.96 bits per heavy atom. The molecule has 0 aromatic carbocycles. The number of allylic oxidation sites excluding steroid dienone is 7. The number of esters is 1. The number of nitrogens with one attached hydrogen (secondary N) is 1. The zero-order valence-corrected chi connectivity index (χ0v) is 28.5. The Balaban J connectivity index is 0.000000305. The van der Waals surface area contributed by atoms with Gasteiger partial charge in [0.05, 0.1) is 18.6 Å². The van der Waals surface area contributed by atoms with Crippen LogP contribution in [0.2, 0.25) is 0 Å². The predicted octanol–water partition coefficient (Wildman–Crippen LogP) is 7.16. The van der Waals surface area contributed by atoms with Gasteiger partial charge in [0.2, 0.25) is 0 Å². The minimum atomic E-state index is -1.00. The van der Waals surface area contributed by atoms with Gasteiger partial charge >= 0.3 is 11.9 Å². The van der Waals surface area contributed by atoms with Crippen LogP contribution in [0.25, 0.3) is 0 Å². The van der Waals surface area contributed by atoms with Crippen LogP contribution in [0.4, 0.5) is 0 Å². The van der Waals surface area contributed by atoms with Crippen LogP contribution in [0.1, 0.15) is 104 Å². The fourth-order valence-corrected chi connectivity index (χ4v) is 7.66. The minimum absolute atomic E-state index is 0.00928. The fourth-order valence-electron chi connectivity index (χ4n) is 7.66. The number of carbonyl (C=O) groups excluding carboxylic acids is 1. The van der Waals surface area contributed by atoms with Gasteiger partial charge in [-0.3, -0.25) is 0 Å². The first kappa shape index (κ1) is 36.3. The molecule has 5 fully saturated rings. The Hall–Kier alpha value is -2.52. The molecule has 46 heavy (non-hydrogen) atoms. The highest BCUT2D eigenvalue weighted by molar-refractivity contribution is 5.82. The lowest BCUT2D eigenvalue weighted by atomic mass is 9.68. The van der Waals surface area contributed by atoms with Gasteiger partial charge < -0.3 is 29.4 Å². The molecule has 2 saturated heterocycles. The fraction of sp³-hybridized carbons (Fsp3) is 0.684. The molecule has 2 aliphatic heterocycles. The largest absolute Gasteiger partial charge is 0.478 e. The molecule has 0 radical (unpaired) electrons. The number of carbonyl (C=O) groups is 2. The predicted molar refractivity (Wildman–Crippen MR) is 180 cm³/mol. The van der Waals surface area contributed by atoms with Gasteiger partial charge in [0.25, 0.3) is 0 Å². The van der Waals surface area contributed by atoms with E-state index in [1.165, 1.54) is 81.9 Å². The lowest BCUT2D eigenvalue weighted by molar-refractivity contribution is -0.166. The second-order valence-corrected chi connectivity index (χ2v) is 14.0. The molecule has 1 spiro atoms. The third-order valence-electron chi connectivity index (χ3n) is 10.2. The molecule has 0 unspecified atom stereocenters. The number of epoxide rings is 2. The first-order valence-electron chi connectivity index (χ1n) is 17.5. The molecule has 0 aromatic rings. The van der Waals surface area contributed by atoms with Crippen molar-refractivity contribution < 1.29 is 33.6 Å². The van der Waals surface area contributed by atoms with Crippen LogP contribution < -0.4 is 5.32 Å². The summed E-state index contributed by atoms with van der Waals surface area (Å²) in [4.78, 5) is 22.8. The van der Waals surface area contributed by atoms with Gasteiger partial charge in [0.15, 0.2) is 0 Å². The molecule has 8 nitrogen and oxygen atoms in total. The highest BCUT2D eigenvalue weighted by Crippen LogP contribution is 2.59. The summed E-state index contributed by atoms with van der Waals surface area (Å²) in [7, 11) is 1.65. The maximum atomic E-state index is 12.4. The van der Waals surface area contributed by atoms with E-state index in [0.717, 1.165) is 31.0 Å². The van der Waals surface area contributed by atoms with E-state index in [1.807, 2.05) is 0 Å². The normalized spacial score (nSPS) is 33.4. The number of hydrogen-bond donors (Lipinski definition) is 2. The van der Waals surface area contributed by atoms with Crippen LogP contribution in [-0.2, 0) is 28.5 Å². The molecule has 256 valence electrons. The molecule has 3 saturated carbocycles. The summed E-state index contributed by atoms with van der Waals surface area (Å²) < 4.78 is 23.8. The van der Waals surface area contributed by atoms with Crippen molar-refractivity contribution in [3.63, 3.8) is 0 Å². The third-order valence-corrected chi connectivity index (χ3v) is 10.2. The Kier molecular flexibility index (Phi) is 13.9. The van der Waals surface area contributed by atoms with Gasteiger partial charge in [-0.1, -0.05) is 86.6 Å². The monoisotopic (exact) mass is 639 g/mol. The van der Waals surface area contributed by atoms with E-state index in [-0.39, 0.29) is 35.4 Å². The number of methoxy groups -OCH3 is 1. The first-order valence-corrected chi connectivity index (χ1v) is 17.5. The average Bonchev–Trinajstić information content (AvgIpc) is 3.96. The van der Waals surface area contributed by atoms with Crippen molar-refractivity contribution in [2.45, 2.75) is 146 Å². The second kappa shape index (κ2) is 17.6. The smallest absolute Gasteiger partial charge is 0.331 e. The lowest BCUT2D eigenvalue weighted by Crippen LogP contribution is -2.55. The minimum Gasteiger partial charge on any atom is -0.478 e. The van der Waals surface area contributed by atoms with Crippen molar-refractivity contribution in [1.29, 1.82) is 0 Å². The van der Waals surface area contributed by atoms with Crippen molar-refractivity contribution >= 4 is 11.9 Å². The maximum Gasteiger partial charge on any atom is 0.331 e. The van der Waals surface area contributed by atoms with Gasteiger partial charge in [0.1, 0.15) is 23.4 Å². The molecule has 6 atom stereocenters. The van der Waals surface area contributed by atoms with Crippen LogP contribution in [0.3, 0.4) is 0 Å². The number of ether oxygens (including phenoxy) is 4. The average molecular weight is 640 g/mol. The molecule has 0 amide bonds. The second-order valence-electron chi connectivity index (χ2n) is 14.0. The highest BCUT2D eigenvalue weighted by Gasteiger charge is 2.72. The molecule has 5 aliphatic rings. The van der Waals surface area contributed by atoms with Crippen molar-refractivity contribution in [2.75, 3.05) is 13.7 Å². The summed E-state index contributed by atoms with van der Waals surface area (Å²) in [6.45, 7) is 6.96. The van der Waals surface area contributed by atoms with Gasteiger partial charge in [-0.25, -0.2) is 9.59 Å². The summed E-state index contributed by atoms with van der Waals surface area (Å²) >= 11 is 0. The van der Waals surface area contributed by atoms with Crippen molar-refractivity contribution in [3.05, 3.63) is 60.3 Å². The molecular weight excluding hydrogens is 582 g/mol. The SMILES string of the molecule is C1CCC(NC2CCCCC2)CC1.CO[C@@H]1[C@H](OC(=O)/C=C/C=C/C=C/C=C/C(=O)O)CC[C@]2(CO2)[C@H]1[C@@]1(C)O[C@@H]1CC=C(C)C. The maximum absolute atomic E-state index is 12.4. The van der Waals surface area contributed by atoms with Crippen LogP contribution in [0.15, 0.2) is 60.3 Å². The Morgan fingerprint density at radius 1 is 0.870 bits per heavy atom. The Bertz CT molecular complexity index is 1120. The van der Waals surface area contributed by atoms with Crippen LogP contribution >= 0.6 is 0 Å². The lowest BCUT2D eigenvalue weighted by Gasteiger charge is -2.42. The van der Waals surface area contributed by atoms with E-state index in [0.29, 0.717) is 13.0 Å². The summed E-state index contributed by atoms with van der Waals surface area (Å²) in [5.74, 6) is -1.45. The summed E-state index contributed by atoms with van der Waals surface area (Å²) in [6, 6.07) is 1.74. The molecule has 2 N–H and O–H groups in total. The molecule has 3 aliphatic carbocycles. The van der Waals surface area contributed by atoms with Gasteiger partial charge in [0, 0.05) is 31.3 Å². The standard InChI is InChI=1S/C26H34O7.C12H23N/c1-18(2)13-14-20-25(3,33-20)24-23(30-4)19(15-16-26(24)17-31-26)32-22(29)12-10-8-6-5-7-9-11-21(27)28;1-3-7-11(8-4-1)13-12-9-5-2-6-10-12/h5-13,19-20,23-24H,14-17H2,1-4H3,(H,27,28);11-13H,1-10H2/b7-5+,8-6+,11-9+,12-10+;/t19-,20-,23-,24-,25+,26+;/m1./s1. The van der Waals surface area contributed by atoms with Crippen LogP contribution in [0, 0.1) is 5.92 Å². The van der Waals surface area contributed by atoms with E-state index >= 15 is 0 Å². The van der Waals surface area contributed by atoms with E-state index in [4.69, 9.17) is 24.1 Å². The number of carboxylic acid groups (broad SMARTS) is 1. The summed E-state index contributed by atoms with van der Waals surface area (Å²) in [5, 5.41) is 12.4. The molecule has 2 heterocycles. The Morgan fingerprint density at radius 2 is 1.43 bits per heavy atom. The third kappa shape index (κ3) is 10.8. The first-order chi connectivity index (χ1) is 22.2. The van der Waals surface area contributed by atoms with Crippen molar-refractivity contribution in [1.82, 2.24) is 5.32 Å². The molecule has 5 rings (SSSR count).